The van der Waals surface area contributed by atoms with E-state index >= 15 is 0 Å². The Hall–Kier alpha value is -1.26. The molecule has 1 aromatic carbocycles. The molecule has 2 rings (SSSR count). The summed E-state index contributed by atoms with van der Waals surface area (Å²) in [5.74, 6) is -0.0678. The van der Waals surface area contributed by atoms with Crippen molar-refractivity contribution in [1.82, 2.24) is 4.90 Å². The van der Waals surface area contributed by atoms with Crippen LogP contribution in [0.1, 0.15) is 24.9 Å². The zero-order valence-electron chi connectivity index (χ0n) is 11.2. The standard InChI is InChI=1S/C14H19NO3.ClH/c1-10(11-4-3-5-13(8-11)18-2)15-7-6-12(9-15)14(16)17;/h3-5,8,10,12H,6-7,9H2,1-2H3,(H,16,17);1H. The summed E-state index contributed by atoms with van der Waals surface area (Å²) < 4.78 is 5.21. The first-order chi connectivity index (χ1) is 8.61. The molecular formula is C14H20ClNO3. The van der Waals surface area contributed by atoms with Gasteiger partial charge in [-0.15, -0.1) is 12.4 Å². The highest BCUT2D eigenvalue weighted by Gasteiger charge is 2.30. The smallest absolute Gasteiger partial charge is 0.307 e. The van der Waals surface area contributed by atoms with E-state index < -0.39 is 5.97 Å². The molecule has 1 aliphatic heterocycles. The Labute approximate surface area is 119 Å². The van der Waals surface area contributed by atoms with E-state index in [1.165, 1.54) is 5.56 Å². The molecule has 1 heterocycles. The van der Waals surface area contributed by atoms with E-state index in [9.17, 15) is 4.79 Å². The van der Waals surface area contributed by atoms with Gasteiger partial charge in [0.1, 0.15) is 5.75 Å². The second-order valence-electron chi connectivity index (χ2n) is 4.77. The van der Waals surface area contributed by atoms with Crippen molar-refractivity contribution >= 4 is 18.4 Å². The van der Waals surface area contributed by atoms with Gasteiger partial charge < -0.3 is 9.84 Å². The lowest BCUT2D eigenvalue weighted by atomic mass is 10.1. The summed E-state index contributed by atoms with van der Waals surface area (Å²) in [7, 11) is 1.65. The summed E-state index contributed by atoms with van der Waals surface area (Å²) in [4.78, 5) is 13.2. The molecule has 2 unspecified atom stereocenters. The SMILES string of the molecule is COc1cccc(C(C)N2CCC(C(=O)O)C2)c1.Cl. The summed E-state index contributed by atoms with van der Waals surface area (Å²) in [6, 6.07) is 8.18. The molecule has 19 heavy (non-hydrogen) atoms. The number of benzene rings is 1. The van der Waals surface area contributed by atoms with Gasteiger partial charge in [-0.2, -0.15) is 0 Å². The van der Waals surface area contributed by atoms with Crippen LogP contribution in [0.4, 0.5) is 0 Å². The van der Waals surface area contributed by atoms with Gasteiger partial charge in [-0.3, -0.25) is 9.69 Å². The van der Waals surface area contributed by atoms with E-state index in [0.29, 0.717) is 6.54 Å². The fraction of sp³-hybridized carbons (Fsp3) is 0.500. The number of rotatable bonds is 4. The molecular weight excluding hydrogens is 266 g/mol. The second-order valence-corrected chi connectivity index (χ2v) is 4.77. The molecule has 0 radical (unpaired) electrons. The zero-order chi connectivity index (χ0) is 13.1. The highest BCUT2D eigenvalue weighted by atomic mass is 35.5. The average molecular weight is 286 g/mol. The highest BCUT2D eigenvalue weighted by molar-refractivity contribution is 5.85. The van der Waals surface area contributed by atoms with Gasteiger partial charge in [0, 0.05) is 12.6 Å². The van der Waals surface area contributed by atoms with Gasteiger partial charge in [-0.1, -0.05) is 12.1 Å². The lowest BCUT2D eigenvalue weighted by molar-refractivity contribution is -0.141. The number of hydrogen-bond donors (Lipinski definition) is 1. The molecule has 1 fully saturated rings. The molecule has 4 nitrogen and oxygen atoms in total. The van der Waals surface area contributed by atoms with Gasteiger partial charge in [-0.25, -0.2) is 0 Å². The largest absolute Gasteiger partial charge is 0.497 e. The van der Waals surface area contributed by atoms with E-state index in [1.807, 2.05) is 18.2 Å². The van der Waals surface area contributed by atoms with Crippen LogP contribution >= 0.6 is 12.4 Å². The van der Waals surface area contributed by atoms with Crippen LogP contribution < -0.4 is 4.74 Å². The number of aliphatic carboxylic acids is 1. The summed E-state index contributed by atoms with van der Waals surface area (Å²) in [5, 5.41) is 9.02. The minimum Gasteiger partial charge on any atom is -0.497 e. The maximum atomic E-state index is 11.0. The van der Waals surface area contributed by atoms with Crippen LogP contribution in [0.2, 0.25) is 0 Å². The quantitative estimate of drug-likeness (QED) is 0.924. The summed E-state index contributed by atoms with van der Waals surface area (Å²) in [6.45, 7) is 3.59. The van der Waals surface area contributed by atoms with Crippen molar-refractivity contribution in [1.29, 1.82) is 0 Å². The number of carboxylic acid groups (broad SMARTS) is 1. The third-order valence-corrected chi connectivity index (χ3v) is 3.69. The third-order valence-electron chi connectivity index (χ3n) is 3.69. The summed E-state index contributed by atoms with van der Waals surface area (Å²) in [5.41, 5.74) is 1.17. The number of likely N-dealkylation sites (tertiary alicyclic amines) is 1. The van der Waals surface area contributed by atoms with E-state index in [2.05, 4.69) is 17.9 Å². The molecule has 106 valence electrons. The monoisotopic (exact) mass is 285 g/mol. The molecule has 0 aliphatic carbocycles. The van der Waals surface area contributed by atoms with Crippen molar-refractivity contribution in [2.75, 3.05) is 20.2 Å². The number of carbonyl (C=O) groups is 1. The normalized spacial score (nSPS) is 20.6. The predicted octanol–water partition coefficient (Wildman–Crippen LogP) is 2.58. The molecule has 1 saturated heterocycles. The first-order valence-electron chi connectivity index (χ1n) is 6.22. The van der Waals surface area contributed by atoms with E-state index in [4.69, 9.17) is 9.84 Å². The van der Waals surface area contributed by atoms with Crippen LogP contribution in [0.5, 0.6) is 5.75 Å². The van der Waals surface area contributed by atoms with Gasteiger partial charge in [0.05, 0.1) is 13.0 Å². The van der Waals surface area contributed by atoms with Crippen LogP contribution in [0.25, 0.3) is 0 Å². The summed E-state index contributed by atoms with van der Waals surface area (Å²) in [6.07, 6.45) is 0.740. The van der Waals surface area contributed by atoms with E-state index in [-0.39, 0.29) is 24.4 Å². The van der Waals surface area contributed by atoms with Crippen LogP contribution in [-0.2, 0) is 4.79 Å². The molecule has 0 bridgehead atoms. The maximum Gasteiger partial charge on any atom is 0.307 e. The van der Waals surface area contributed by atoms with Crippen LogP contribution in [-0.4, -0.2) is 36.2 Å². The molecule has 1 aliphatic rings. The molecule has 1 N–H and O–H groups in total. The molecule has 0 saturated carbocycles. The number of methoxy groups -OCH3 is 1. The Morgan fingerprint density at radius 3 is 2.84 bits per heavy atom. The van der Waals surface area contributed by atoms with E-state index in [1.54, 1.807) is 7.11 Å². The fourth-order valence-electron chi connectivity index (χ4n) is 2.45. The maximum absolute atomic E-state index is 11.0. The minimum absolute atomic E-state index is 0. The first-order valence-corrected chi connectivity index (χ1v) is 6.22. The third kappa shape index (κ3) is 3.61. The number of ether oxygens (including phenoxy) is 1. The Balaban J connectivity index is 0.00000180. The Kier molecular flexibility index (Phi) is 5.63. The fourth-order valence-corrected chi connectivity index (χ4v) is 2.45. The highest BCUT2D eigenvalue weighted by Crippen LogP contribution is 2.29. The molecule has 2 atom stereocenters. The van der Waals surface area contributed by atoms with Crippen molar-refractivity contribution in [3.8, 4) is 5.75 Å². The van der Waals surface area contributed by atoms with Crippen molar-refractivity contribution in [3.05, 3.63) is 29.8 Å². The molecule has 1 aromatic rings. The Morgan fingerprint density at radius 2 is 2.26 bits per heavy atom. The van der Waals surface area contributed by atoms with Crippen molar-refractivity contribution < 1.29 is 14.6 Å². The molecule has 5 heteroatoms. The number of halogens is 1. The topological polar surface area (TPSA) is 49.8 Å². The van der Waals surface area contributed by atoms with Crippen molar-refractivity contribution in [2.45, 2.75) is 19.4 Å². The van der Waals surface area contributed by atoms with Gasteiger partial charge >= 0.3 is 5.97 Å². The second kappa shape index (κ2) is 6.78. The molecule has 0 amide bonds. The number of carboxylic acids is 1. The van der Waals surface area contributed by atoms with E-state index in [0.717, 1.165) is 18.7 Å². The zero-order valence-corrected chi connectivity index (χ0v) is 12.0. The number of hydrogen-bond acceptors (Lipinski definition) is 3. The predicted molar refractivity (Wildman–Crippen MR) is 76.0 cm³/mol. The molecule has 0 aromatic heterocycles. The lowest BCUT2D eigenvalue weighted by Gasteiger charge is -2.24. The van der Waals surface area contributed by atoms with Crippen LogP contribution in [0.15, 0.2) is 24.3 Å². The van der Waals surface area contributed by atoms with Gasteiger partial charge in [0.25, 0.3) is 0 Å². The molecule has 0 spiro atoms. The summed E-state index contributed by atoms with van der Waals surface area (Å²) >= 11 is 0. The van der Waals surface area contributed by atoms with Gasteiger partial charge in [0.15, 0.2) is 0 Å². The average Bonchev–Trinajstić information content (AvgIpc) is 2.87. The Bertz CT molecular complexity index is 438. The van der Waals surface area contributed by atoms with Crippen molar-refractivity contribution in [3.63, 3.8) is 0 Å². The first kappa shape index (κ1) is 15.8. The van der Waals surface area contributed by atoms with Gasteiger partial charge in [-0.05, 0) is 37.6 Å². The van der Waals surface area contributed by atoms with Crippen LogP contribution in [0.3, 0.4) is 0 Å². The van der Waals surface area contributed by atoms with Crippen LogP contribution in [0, 0.1) is 5.92 Å². The van der Waals surface area contributed by atoms with Gasteiger partial charge in [0.2, 0.25) is 0 Å². The minimum atomic E-state index is -0.685. The lowest BCUT2D eigenvalue weighted by Crippen LogP contribution is -2.26. The van der Waals surface area contributed by atoms with Crippen molar-refractivity contribution in [2.24, 2.45) is 5.92 Å². The number of nitrogens with zero attached hydrogens (tertiary/aromatic N) is 1. The Morgan fingerprint density at radius 1 is 1.53 bits per heavy atom.